The molecule has 6 heteroatoms. The topological polar surface area (TPSA) is 48.0 Å². The van der Waals surface area contributed by atoms with Crippen molar-refractivity contribution in [3.05, 3.63) is 22.2 Å². The molecule has 1 unspecified atom stereocenters. The number of methoxy groups -OCH3 is 1. The maximum absolute atomic E-state index is 12.6. The second-order valence-electron chi connectivity index (χ2n) is 4.86. The van der Waals surface area contributed by atoms with Crippen LogP contribution in [-0.2, 0) is 4.74 Å². The smallest absolute Gasteiger partial charge is 0.254 e. The molecule has 0 bridgehead atoms. The van der Waals surface area contributed by atoms with E-state index in [4.69, 9.17) is 14.2 Å². The number of amides is 1. The molecule has 5 nitrogen and oxygen atoms in total. The summed E-state index contributed by atoms with van der Waals surface area (Å²) in [5.74, 6) is 1.15. The van der Waals surface area contributed by atoms with Gasteiger partial charge in [-0.15, -0.1) is 0 Å². The van der Waals surface area contributed by atoms with E-state index in [9.17, 15) is 4.79 Å². The Morgan fingerprint density at radius 3 is 2.90 bits per heavy atom. The van der Waals surface area contributed by atoms with Crippen LogP contribution in [0.4, 0.5) is 0 Å². The molecule has 1 saturated heterocycles. The minimum absolute atomic E-state index is 0.0211. The van der Waals surface area contributed by atoms with E-state index in [0.29, 0.717) is 47.8 Å². The van der Waals surface area contributed by atoms with Crippen LogP contribution in [0.3, 0.4) is 0 Å². The lowest BCUT2D eigenvalue weighted by Gasteiger charge is -2.31. The molecule has 0 saturated carbocycles. The number of morpholine rings is 1. The molecule has 0 aromatic heterocycles. The van der Waals surface area contributed by atoms with Gasteiger partial charge in [0, 0.05) is 18.7 Å². The lowest BCUT2D eigenvalue weighted by Crippen LogP contribution is -2.44. The first-order valence-electron chi connectivity index (χ1n) is 6.98. The van der Waals surface area contributed by atoms with Gasteiger partial charge in [0.25, 0.3) is 5.91 Å². The Labute approximate surface area is 133 Å². The zero-order valence-corrected chi connectivity index (χ0v) is 14.1. The predicted molar refractivity (Wildman–Crippen MR) is 83.2 cm³/mol. The third-order valence-corrected chi connectivity index (χ3v) is 3.88. The first kappa shape index (κ1) is 16.1. The van der Waals surface area contributed by atoms with Crippen molar-refractivity contribution in [1.29, 1.82) is 0 Å². The summed E-state index contributed by atoms with van der Waals surface area (Å²) in [5.41, 5.74) is 0.580. The molecule has 1 aliphatic rings. The lowest BCUT2D eigenvalue weighted by atomic mass is 10.1. The summed E-state index contributed by atoms with van der Waals surface area (Å²) in [4.78, 5) is 14.4. The van der Waals surface area contributed by atoms with Crippen molar-refractivity contribution in [1.82, 2.24) is 4.90 Å². The number of rotatable bonds is 4. The standard InChI is InChI=1S/C15H20BrNO4/c1-4-20-14-12(16)7-11(8-13(14)19-3)15(18)17-5-6-21-10(2)9-17/h7-8,10H,4-6,9H2,1-3H3. The van der Waals surface area contributed by atoms with Gasteiger partial charge in [0.2, 0.25) is 0 Å². The van der Waals surface area contributed by atoms with Crippen molar-refractivity contribution in [3.8, 4) is 11.5 Å². The van der Waals surface area contributed by atoms with E-state index in [1.807, 2.05) is 13.8 Å². The Hall–Kier alpha value is -1.27. The molecule has 1 aromatic rings. The van der Waals surface area contributed by atoms with E-state index in [1.54, 1.807) is 24.1 Å². The molecule has 1 aliphatic heterocycles. The Morgan fingerprint density at radius 2 is 2.29 bits per heavy atom. The quantitative estimate of drug-likeness (QED) is 0.831. The molecule has 1 heterocycles. The van der Waals surface area contributed by atoms with E-state index >= 15 is 0 Å². The van der Waals surface area contributed by atoms with Crippen LogP contribution < -0.4 is 9.47 Å². The van der Waals surface area contributed by atoms with E-state index in [2.05, 4.69) is 15.9 Å². The number of ether oxygens (including phenoxy) is 3. The molecule has 21 heavy (non-hydrogen) atoms. The molecule has 2 rings (SSSR count). The summed E-state index contributed by atoms with van der Waals surface area (Å²) >= 11 is 3.44. The Balaban J connectivity index is 2.27. The molecule has 1 fully saturated rings. The van der Waals surface area contributed by atoms with Crippen LogP contribution in [0, 0.1) is 0 Å². The van der Waals surface area contributed by atoms with Crippen LogP contribution >= 0.6 is 15.9 Å². The average molecular weight is 358 g/mol. The lowest BCUT2D eigenvalue weighted by molar-refractivity contribution is -0.0124. The summed E-state index contributed by atoms with van der Waals surface area (Å²) in [6.45, 7) is 6.18. The highest BCUT2D eigenvalue weighted by atomic mass is 79.9. The summed E-state index contributed by atoms with van der Waals surface area (Å²) in [7, 11) is 1.56. The van der Waals surface area contributed by atoms with Crippen molar-refractivity contribution in [3.63, 3.8) is 0 Å². The fourth-order valence-corrected chi connectivity index (χ4v) is 2.87. The minimum Gasteiger partial charge on any atom is -0.493 e. The second-order valence-corrected chi connectivity index (χ2v) is 5.71. The average Bonchev–Trinajstić information content (AvgIpc) is 2.48. The summed E-state index contributed by atoms with van der Waals surface area (Å²) < 4.78 is 17.0. The Kier molecular flexibility index (Phi) is 5.47. The first-order chi connectivity index (χ1) is 10.1. The monoisotopic (exact) mass is 357 g/mol. The third-order valence-electron chi connectivity index (χ3n) is 3.29. The maximum atomic E-state index is 12.6. The molecular weight excluding hydrogens is 338 g/mol. The van der Waals surface area contributed by atoms with Gasteiger partial charge < -0.3 is 19.1 Å². The van der Waals surface area contributed by atoms with Crippen LogP contribution in [0.2, 0.25) is 0 Å². The largest absolute Gasteiger partial charge is 0.493 e. The number of carbonyl (C=O) groups is 1. The first-order valence-corrected chi connectivity index (χ1v) is 7.77. The zero-order chi connectivity index (χ0) is 15.4. The molecule has 0 aliphatic carbocycles. The minimum atomic E-state index is -0.0211. The number of halogens is 1. The normalized spacial score (nSPS) is 18.5. The highest BCUT2D eigenvalue weighted by molar-refractivity contribution is 9.10. The zero-order valence-electron chi connectivity index (χ0n) is 12.5. The number of hydrogen-bond donors (Lipinski definition) is 0. The number of hydrogen-bond acceptors (Lipinski definition) is 4. The van der Waals surface area contributed by atoms with Crippen molar-refractivity contribution < 1.29 is 19.0 Å². The van der Waals surface area contributed by atoms with Crippen LogP contribution in [-0.4, -0.2) is 50.3 Å². The fraction of sp³-hybridized carbons (Fsp3) is 0.533. The Morgan fingerprint density at radius 1 is 1.52 bits per heavy atom. The van der Waals surface area contributed by atoms with Gasteiger partial charge in [0.05, 0.1) is 30.9 Å². The molecule has 1 aromatic carbocycles. The number of benzene rings is 1. The fourth-order valence-electron chi connectivity index (χ4n) is 2.31. The van der Waals surface area contributed by atoms with Crippen LogP contribution in [0.1, 0.15) is 24.2 Å². The van der Waals surface area contributed by atoms with E-state index in [0.717, 1.165) is 0 Å². The summed E-state index contributed by atoms with van der Waals surface area (Å²) in [6.07, 6.45) is 0.0655. The van der Waals surface area contributed by atoms with E-state index < -0.39 is 0 Å². The molecule has 0 N–H and O–H groups in total. The molecule has 0 spiro atoms. The SMILES string of the molecule is CCOc1c(Br)cc(C(=O)N2CCOC(C)C2)cc1OC. The highest BCUT2D eigenvalue weighted by Gasteiger charge is 2.24. The summed E-state index contributed by atoms with van der Waals surface area (Å²) in [6, 6.07) is 3.49. The molecule has 0 radical (unpaired) electrons. The van der Waals surface area contributed by atoms with Crippen molar-refractivity contribution in [2.45, 2.75) is 20.0 Å². The second kappa shape index (κ2) is 7.13. The van der Waals surface area contributed by atoms with E-state index in [1.165, 1.54) is 0 Å². The highest BCUT2D eigenvalue weighted by Crippen LogP contribution is 2.37. The van der Waals surface area contributed by atoms with Crippen molar-refractivity contribution in [2.24, 2.45) is 0 Å². The molecule has 116 valence electrons. The molecular formula is C15H20BrNO4. The van der Waals surface area contributed by atoms with Gasteiger partial charge in [-0.1, -0.05) is 0 Å². The maximum Gasteiger partial charge on any atom is 0.254 e. The van der Waals surface area contributed by atoms with Crippen molar-refractivity contribution >= 4 is 21.8 Å². The van der Waals surface area contributed by atoms with Gasteiger partial charge in [-0.25, -0.2) is 0 Å². The van der Waals surface area contributed by atoms with Crippen LogP contribution in [0.5, 0.6) is 11.5 Å². The third kappa shape index (κ3) is 3.68. The van der Waals surface area contributed by atoms with Gasteiger partial charge in [-0.05, 0) is 41.9 Å². The van der Waals surface area contributed by atoms with Crippen LogP contribution in [0.15, 0.2) is 16.6 Å². The summed E-state index contributed by atoms with van der Waals surface area (Å²) in [5, 5.41) is 0. The van der Waals surface area contributed by atoms with Gasteiger partial charge in [-0.3, -0.25) is 4.79 Å². The molecule has 1 amide bonds. The predicted octanol–water partition coefficient (Wildman–Crippen LogP) is 2.72. The number of nitrogens with zero attached hydrogens (tertiary/aromatic N) is 1. The van der Waals surface area contributed by atoms with E-state index in [-0.39, 0.29) is 12.0 Å². The van der Waals surface area contributed by atoms with Crippen LogP contribution in [0.25, 0.3) is 0 Å². The number of carbonyl (C=O) groups excluding carboxylic acids is 1. The Bertz CT molecular complexity index is 521. The van der Waals surface area contributed by atoms with Gasteiger partial charge in [-0.2, -0.15) is 0 Å². The van der Waals surface area contributed by atoms with Gasteiger partial charge >= 0.3 is 0 Å². The van der Waals surface area contributed by atoms with Gasteiger partial charge in [0.15, 0.2) is 11.5 Å². The van der Waals surface area contributed by atoms with Crippen molar-refractivity contribution in [2.75, 3.05) is 33.4 Å². The van der Waals surface area contributed by atoms with Gasteiger partial charge in [0.1, 0.15) is 0 Å². The molecule has 1 atom stereocenters.